The number of ether oxygens (including phenoxy) is 1. The van der Waals surface area contributed by atoms with E-state index in [0.717, 1.165) is 17.0 Å². The maximum atomic E-state index is 5.92. The van der Waals surface area contributed by atoms with E-state index in [9.17, 15) is 0 Å². The molecule has 0 radical (unpaired) electrons. The molecule has 2 rings (SSSR count). The van der Waals surface area contributed by atoms with E-state index >= 15 is 0 Å². The van der Waals surface area contributed by atoms with Crippen molar-refractivity contribution in [2.24, 2.45) is 16.5 Å². The standard InChI is InChI=1S/C20H25N3O/c1-15(17-6-4-3-5-7-17)23-19(13-18(22)14-21)12-16-8-10-20(24-2)11-9-16/h3-11,13,15H,12,14,21-22H2,1-2H3. The predicted octanol–water partition coefficient (Wildman–Crippen LogP) is 3.24. The van der Waals surface area contributed by atoms with Gasteiger partial charge in [-0.15, -0.1) is 0 Å². The monoisotopic (exact) mass is 323 g/mol. The van der Waals surface area contributed by atoms with Crippen molar-refractivity contribution in [1.29, 1.82) is 0 Å². The maximum Gasteiger partial charge on any atom is 0.118 e. The molecule has 1 atom stereocenters. The summed E-state index contributed by atoms with van der Waals surface area (Å²) < 4.78 is 5.20. The third-order valence-electron chi connectivity index (χ3n) is 3.77. The van der Waals surface area contributed by atoms with Crippen molar-refractivity contribution in [1.82, 2.24) is 0 Å². The molecule has 0 heterocycles. The number of methoxy groups -OCH3 is 1. The Bertz CT molecular complexity index is 691. The summed E-state index contributed by atoms with van der Waals surface area (Å²) in [6, 6.07) is 18.2. The fourth-order valence-corrected chi connectivity index (χ4v) is 2.41. The molecule has 0 saturated heterocycles. The highest BCUT2D eigenvalue weighted by Crippen LogP contribution is 2.18. The summed E-state index contributed by atoms with van der Waals surface area (Å²) in [5.41, 5.74) is 15.4. The molecular formula is C20H25N3O. The van der Waals surface area contributed by atoms with E-state index in [1.807, 2.05) is 48.5 Å². The molecule has 4 heteroatoms. The van der Waals surface area contributed by atoms with Crippen molar-refractivity contribution in [3.05, 3.63) is 77.5 Å². The summed E-state index contributed by atoms with van der Waals surface area (Å²) >= 11 is 0. The van der Waals surface area contributed by atoms with Crippen LogP contribution in [0.4, 0.5) is 0 Å². The molecule has 2 aromatic carbocycles. The van der Waals surface area contributed by atoms with Crippen molar-refractivity contribution >= 4 is 5.71 Å². The number of hydrogen-bond donors (Lipinski definition) is 2. The Balaban J connectivity index is 2.25. The first-order valence-corrected chi connectivity index (χ1v) is 8.03. The van der Waals surface area contributed by atoms with Crippen LogP contribution in [0.3, 0.4) is 0 Å². The average Bonchev–Trinajstić information content (AvgIpc) is 2.62. The van der Waals surface area contributed by atoms with Crippen LogP contribution < -0.4 is 16.2 Å². The Labute approximate surface area is 143 Å². The minimum Gasteiger partial charge on any atom is -0.497 e. The SMILES string of the molecule is COc1ccc(CC(C=C(N)CN)=NC(C)c2ccccc2)cc1. The fourth-order valence-electron chi connectivity index (χ4n) is 2.41. The average molecular weight is 323 g/mol. The second kappa shape index (κ2) is 8.89. The van der Waals surface area contributed by atoms with Crippen LogP contribution in [-0.4, -0.2) is 19.4 Å². The number of nitrogens with two attached hydrogens (primary N) is 2. The molecule has 2 aromatic rings. The van der Waals surface area contributed by atoms with Gasteiger partial charge in [-0.3, -0.25) is 4.99 Å². The van der Waals surface area contributed by atoms with Crippen LogP contribution >= 0.6 is 0 Å². The number of benzene rings is 2. The van der Waals surface area contributed by atoms with Gasteiger partial charge in [0.25, 0.3) is 0 Å². The van der Waals surface area contributed by atoms with Crippen molar-refractivity contribution in [3.8, 4) is 5.75 Å². The second-order valence-electron chi connectivity index (χ2n) is 5.66. The lowest BCUT2D eigenvalue weighted by Gasteiger charge is -2.11. The zero-order valence-corrected chi connectivity index (χ0v) is 14.3. The lowest BCUT2D eigenvalue weighted by Crippen LogP contribution is -2.14. The number of rotatable bonds is 7. The van der Waals surface area contributed by atoms with Gasteiger partial charge in [-0.05, 0) is 36.3 Å². The summed E-state index contributed by atoms with van der Waals surface area (Å²) in [7, 11) is 1.66. The number of hydrogen-bond acceptors (Lipinski definition) is 4. The molecule has 4 N–H and O–H groups in total. The van der Waals surface area contributed by atoms with Crippen molar-refractivity contribution < 1.29 is 4.74 Å². The molecule has 126 valence electrons. The molecule has 0 spiro atoms. The minimum absolute atomic E-state index is 0.0567. The van der Waals surface area contributed by atoms with Crippen LogP contribution in [0.15, 0.2) is 71.4 Å². The van der Waals surface area contributed by atoms with Gasteiger partial charge in [-0.1, -0.05) is 42.5 Å². The minimum atomic E-state index is 0.0567. The zero-order chi connectivity index (χ0) is 17.4. The predicted molar refractivity (Wildman–Crippen MR) is 100 cm³/mol. The van der Waals surface area contributed by atoms with Crippen molar-refractivity contribution in [2.75, 3.05) is 13.7 Å². The number of nitrogens with zero attached hydrogens (tertiary/aromatic N) is 1. The molecule has 0 saturated carbocycles. The van der Waals surface area contributed by atoms with Gasteiger partial charge in [0.1, 0.15) is 5.75 Å². The summed E-state index contributed by atoms with van der Waals surface area (Å²) in [5, 5.41) is 0. The normalized spacial score (nSPS) is 13.6. The first kappa shape index (κ1) is 17.8. The highest BCUT2D eigenvalue weighted by Gasteiger charge is 2.06. The Kier molecular flexibility index (Phi) is 6.58. The second-order valence-corrected chi connectivity index (χ2v) is 5.66. The van der Waals surface area contributed by atoms with E-state index < -0.39 is 0 Å². The van der Waals surface area contributed by atoms with Gasteiger partial charge in [-0.2, -0.15) is 0 Å². The van der Waals surface area contributed by atoms with Crippen LogP contribution in [0.2, 0.25) is 0 Å². The summed E-state index contributed by atoms with van der Waals surface area (Å²) in [6.07, 6.45) is 2.57. The van der Waals surface area contributed by atoms with Gasteiger partial charge in [-0.25, -0.2) is 0 Å². The van der Waals surface area contributed by atoms with E-state index in [2.05, 4.69) is 19.1 Å². The van der Waals surface area contributed by atoms with Crippen molar-refractivity contribution in [3.63, 3.8) is 0 Å². The molecule has 0 aromatic heterocycles. The van der Waals surface area contributed by atoms with Crippen LogP contribution in [-0.2, 0) is 6.42 Å². The Hall–Kier alpha value is -2.59. The number of aliphatic imine (C=N–C) groups is 1. The topological polar surface area (TPSA) is 73.6 Å². The summed E-state index contributed by atoms with van der Waals surface area (Å²) in [4.78, 5) is 4.85. The molecule has 1 unspecified atom stereocenters. The smallest absolute Gasteiger partial charge is 0.118 e. The zero-order valence-electron chi connectivity index (χ0n) is 14.3. The van der Waals surface area contributed by atoms with E-state index in [1.54, 1.807) is 7.11 Å². The van der Waals surface area contributed by atoms with Crippen LogP contribution in [0, 0.1) is 0 Å². The fraction of sp³-hybridized carbons (Fsp3) is 0.250. The van der Waals surface area contributed by atoms with Crippen LogP contribution in [0.1, 0.15) is 24.1 Å². The third-order valence-corrected chi connectivity index (χ3v) is 3.77. The molecule has 0 amide bonds. The Morgan fingerprint density at radius 1 is 1.12 bits per heavy atom. The van der Waals surface area contributed by atoms with Gasteiger partial charge >= 0.3 is 0 Å². The summed E-state index contributed by atoms with van der Waals surface area (Å²) in [6.45, 7) is 2.40. The lowest BCUT2D eigenvalue weighted by molar-refractivity contribution is 0.414. The first-order valence-electron chi connectivity index (χ1n) is 8.03. The van der Waals surface area contributed by atoms with Gasteiger partial charge in [0.15, 0.2) is 0 Å². The van der Waals surface area contributed by atoms with Gasteiger partial charge < -0.3 is 16.2 Å². The van der Waals surface area contributed by atoms with E-state index in [1.165, 1.54) is 5.56 Å². The first-order chi connectivity index (χ1) is 11.6. The van der Waals surface area contributed by atoms with E-state index in [-0.39, 0.29) is 6.04 Å². The van der Waals surface area contributed by atoms with E-state index in [0.29, 0.717) is 18.7 Å². The van der Waals surface area contributed by atoms with Crippen LogP contribution in [0.5, 0.6) is 5.75 Å². The van der Waals surface area contributed by atoms with Gasteiger partial charge in [0.2, 0.25) is 0 Å². The Morgan fingerprint density at radius 3 is 2.38 bits per heavy atom. The molecule has 0 aliphatic heterocycles. The molecule has 0 bridgehead atoms. The summed E-state index contributed by atoms with van der Waals surface area (Å²) in [5.74, 6) is 0.840. The lowest BCUT2D eigenvalue weighted by atomic mass is 10.1. The largest absolute Gasteiger partial charge is 0.497 e. The number of allylic oxidation sites excluding steroid dienone is 1. The van der Waals surface area contributed by atoms with Crippen molar-refractivity contribution in [2.45, 2.75) is 19.4 Å². The Morgan fingerprint density at radius 2 is 1.79 bits per heavy atom. The molecule has 0 aliphatic carbocycles. The van der Waals surface area contributed by atoms with Gasteiger partial charge in [0, 0.05) is 24.4 Å². The third kappa shape index (κ3) is 5.25. The molecule has 24 heavy (non-hydrogen) atoms. The van der Waals surface area contributed by atoms with Crippen LogP contribution in [0.25, 0.3) is 0 Å². The molecule has 0 fully saturated rings. The molecule has 0 aliphatic rings. The highest BCUT2D eigenvalue weighted by atomic mass is 16.5. The molecular weight excluding hydrogens is 298 g/mol. The highest BCUT2D eigenvalue weighted by molar-refractivity contribution is 5.97. The molecule has 4 nitrogen and oxygen atoms in total. The maximum absolute atomic E-state index is 5.92. The van der Waals surface area contributed by atoms with Gasteiger partial charge in [0.05, 0.1) is 13.2 Å². The van der Waals surface area contributed by atoms with E-state index in [4.69, 9.17) is 21.2 Å². The quantitative estimate of drug-likeness (QED) is 0.768.